The molecule has 0 unspecified atom stereocenters. The molecule has 3 nitrogen and oxygen atoms in total. The van der Waals surface area contributed by atoms with E-state index in [4.69, 9.17) is 11.6 Å². The summed E-state index contributed by atoms with van der Waals surface area (Å²) in [6, 6.07) is 0. The van der Waals surface area contributed by atoms with Crippen LogP contribution in [0.5, 0.6) is 0 Å². The lowest BCUT2D eigenvalue weighted by Gasteiger charge is -2.27. The van der Waals surface area contributed by atoms with Gasteiger partial charge in [-0.2, -0.15) is 0 Å². The smallest absolute Gasteiger partial charge is 0.214 e. The van der Waals surface area contributed by atoms with Crippen molar-refractivity contribution in [2.75, 3.05) is 12.4 Å². The van der Waals surface area contributed by atoms with Crippen LogP contribution >= 0.6 is 11.6 Å². The highest BCUT2D eigenvalue weighted by Gasteiger charge is 2.36. The van der Waals surface area contributed by atoms with Gasteiger partial charge in [-0.05, 0) is 31.1 Å². The zero-order chi connectivity index (χ0) is 12.4. The minimum atomic E-state index is -3.10. The second-order valence-corrected chi connectivity index (χ2v) is 7.93. The first kappa shape index (κ1) is 13.6. The minimum absolute atomic E-state index is 0.0211. The standard InChI is InChI=1S/C12H22ClNO2S/c13-9-12(7-3-4-8-12)10-14-17(15,16)11-5-1-2-6-11/h11,14H,1-10H2. The lowest BCUT2D eigenvalue weighted by atomic mass is 9.89. The summed E-state index contributed by atoms with van der Waals surface area (Å²) in [6.07, 6.45) is 8.22. The van der Waals surface area contributed by atoms with Crippen LogP contribution < -0.4 is 4.72 Å². The van der Waals surface area contributed by atoms with E-state index in [1.54, 1.807) is 0 Å². The van der Waals surface area contributed by atoms with Crippen LogP contribution in [0.1, 0.15) is 51.4 Å². The van der Waals surface area contributed by atoms with Gasteiger partial charge in [0.1, 0.15) is 0 Å². The van der Waals surface area contributed by atoms with Crippen LogP contribution in [-0.2, 0) is 10.0 Å². The van der Waals surface area contributed by atoms with Crippen molar-refractivity contribution < 1.29 is 8.42 Å². The van der Waals surface area contributed by atoms with E-state index in [-0.39, 0.29) is 10.7 Å². The SMILES string of the molecule is O=S(=O)(NCC1(CCl)CCCC1)C1CCCC1. The molecule has 0 aliphatic heterocycles. The fourth-order valence-electron chi connectivity index (χ4n) is 3.05. The summed E-state index contributed by atoms with van der Waals surface area (Å²) in [4.78, 5) is 0. The fraction of sp³-hybridized carbons (Fsp3) is 1.00. The van der Waals surface area contributed by atoms with Gasteiger partial charge in [0.2, 0.25) is 10.0 Å². The Morgan fingerprint density at radius 3 is 2.24 bits per heavy atom. The van der Waals surface area contributed by atoms with Gasteiger partial charge in [-0.25, -0.2) is 13.1 Å². The van der Waals surface area contributed by atoms with Crippen molar-refractivity contribution in [1.29, 1.82) is 0 Å². The van der Waals surface area contributed by atoms with Crippen LogP contribution in [0.4, 0.5) is 0 Å². The molecule has 2 aliphatic carbocycles. The number of rotatable bonds is 5. The van der Waals surface area contributed by atoms with E-state index in [1.165, 1.54) is 12.8 Å². The summed E-state index contributed by atoms with van der Waals surface area (Å²) in [7, 11) is -3.10. The van der Waals surface area contributed by atoms with Gasteiger partial charge in [-0.3, -0.25) is 0 Å². The molecule has 100 valence electrons. The van der Waals surface area contributed by atoms with Crippen molar-refractivity contribution in [2.24, 2.45) is 5.41 Å². The molecule has 0 aromatic rings. The molecule has 2 fully saturated rings. The minimum Gasteiger partial charge on any atom is -0.214 e. The average Bonchev–Trinajstić information content (AvgIpc) is 2.99. The summed E-state index contributed by atoms with van der Waals surface area (Å²) in [6.45, 7) is 0.537. The molecule has 2 aliphatic rings. The Morgan fingerprint density at radius 1 is 1.12 bits per heavy atom. The van der Waals surface area contributed by atoms with Gasteiger partial charge in [-0.1, -0.05) is 25.7 Å². The summed E-state index contributed by atoms with van der Waals surface area (Å²) < 4.78 is 27.0. The first-order valence-corrected chi connectivity index (χ1v) is 8.71. The number of hydrogen-bond donors (Lipinski definition) is 1. The third-order valence-electron chi connectivity index (χ3n) is 4.34. The third kappa shape index (κ3) is 3.15. The van der Waals surface area contributed by atoms with Crippen LogP contribution in [-0.4, -0.2) is 26.1 Å². The molecule has 0 bridgehead atoms. The molecule has 0 aromatic carbocycles. The van der Waals surface area contributed by atoms with E-state index in [0.29, 0.717) is 12.4 Å². The number of hydrogen-bond acceptors (Lipinski definition) is 2. The molecule has 1 N–H and O–H groups in total. The van der Waals surface area contributed by atoms with Crippen molar-refractivity contribution in [3.8, 4) is 0 Å². The van der Waals surface area contributed by atoms with Gasteiger partial charge in [-0.15, -0.1) is 11.6 Å². The van der Waals surface area contributed by atoms with Gasteiger partial charge in [0.25, 0.3) is 0 Å². The molecule has 2 saturated carbocycles. The van der Waals surface area contributed by atoms with Crippen molar-refractivity contribution >= 4 is 21.6 Å². The molecular weight excluding hydrogens is 258 g/mol. The van der Waals surface area contributed by atoms with Gasteiger partial charge < -0.3 is 0 Å². The van der Waals surface area contributed by atoms with Crippen molar-refractivity contribution in [3.63, 3.8) is 0 Å². The molecule has 2 rings (SSSR count). The second kappa shape index (κ2) is 5.45. The Morgan fingerprint density at radius 2 is 1.71 bits per heavy atom. The van der Waals surface area contributed by atoms with Crippen molar-refractivity contribution in [2.45, 2.75) is 56.6 Å². The van der Waals surface area contributed by atoms with E-state index in [1.807, 2.05) is 0 Å². The van der Waals surface area contributed by atoms with Gasteiger partial charge >= 0.3 is 0 Å². The maximum Gasteiger partial charge on any atom is 0.214 e. The largest absolute Gasteiger partial charge is 0.214 e. The molecule has 0 amide bonds. The zero-order valence-electron chi connectivity index (χ0n) is 10.3. The molecule has 0 spiro atoms. The van der Waals surface area contributed by atoms with E-state index < -0.39 is 10.0 Å². The Bertz CT molecular complexity index is 344. The summed E-state index contributed by atoms with van der Waals surface area (Å²) in [5.74, 6) is 0.570. The Labute approximate surface area is 109 Å². The quantitative estimate of drug-likeness (QED) is 0.787. The maximum atomic E-state index is 12.1. The van der Waals surface area contributed by atoms with Crippen LogP contribution in [0.3, 0.4) is 0 Å². The lowest BCUT2D eigenvalue weighted by Crippen LogP contribution is -2.40. The van der Waals surface area contributed by atoms with E-state index in [9.17, 15) is 8.42 Å². The molecule has 0 aromatic heterocycles. The van der Waals surface area contributed by atoms with E-state index >= 15 is 0 Å². The normalized spacial score (nSPS) is 25.5. The first-order chi connectivity index (χ1) is 8.08. The lowest BCUT2D eigenvalue weighted by molar-refractivity contribution is 0.341. The number of sulfonamides is 1. The number of halogens is 1. The second-order valence-electron chi connectivity index (χ2n) is 5.61. The Hall–Kier alpha value is 0.200. The van der Waals surface area contributed by atoms with Crippen LogP contribution in [0.2, 0.25) is 0 Å². The molecule has 17 heavy (non-hydrogen) atoms. The highest BCUT2D eigenvalue weighted by atomic mass is 35.5. The van der Waals surface area contributed by atoms with E-state index in [2.05, 4.69) is 4.72 Å². The topological polar surface area (TPSA) is 46.2 Å². The summed E-state index contributed by atoms with van der Waals surface area (Å²) in [5, 5.41) is -0.156. The predicted octanol–water partition coefficient (Wildman–Crippen LogP) is 2.65. The van der Waals surface area contributed by atoms with Gasteiger partial charge in [0, 0.05) is 12.4 Å². The van der Waals surface area contributed by atoms with Gasteiger partial charge in [0.05, 0.1) is 5.25 Å². The first-order valence-electron chi connectivity index (χ1n) is 6.62. The monoisotopic (exact) mass is 279 g/mol. The highest BCUT2D eigenvalue weighted by molar-refractivity contribution is 7.90. The molecule has 0 saturated heterocycles. The zero-order valence-corrected chi connectivity index (χ0v) is 11.8. The van der Waals surface area contributed by atoms with Crippen LogP contribution in [0.25, 0.3) is 0 Å². The maximum absolute atomic E-state index is 12.1. The molecule has 0 heterocycles. The number of nitrogens with one attached hydrogen (secondary N) is 1. The third-order valence-corrected chi connectivity index (χ3v) is 6.80. The highest BCUT2D eigenvalue weighted by Crippen LogP contribution is 2.38. The van der Waals surface area contributed by atoms with Crippen LogP contribution in [0.15, 0.2) is 0 Å². The molecule has 0 radical (unpaired) electrons. The average molecular weight is 280 g/mol. The summed E-state index contributed by atoms with van der Waals surface area (Å²) in [5.41, 5.74) is 0.0211. The molecular formula is C12H22ClNO2S. The van der Waals surface area contributed by atoms with Crippen molar-refractivity contribution in [1.82, 2.24) is 4.72 Å². The fourth-order valence-corrected chi connectivity index (χ4v) is 5.11. The summed E-state index contributed by atoms with van der Waals surface area (Å²) >= 11 is 6.02. The molecule has 5 heteroatoms. The Balaban J connectivity index is 1.92. The van der Waals surface area contributed by atoms with Crippen LogP contribution in [0, 0.1) is 5.41 Å². The molecule has 0 atom stereocenters. The van der Waals surface area contributed by atoms with Crippen molar-refractivity contribution in [3.05, 3.63) is 0 Å². The van der Waals surface area contributed by atoms with E-state index in [0.717, 1.165) is 38.5 Å². The van der Waals surface area contributed by atoms with Gasteiger partial charge in [0.15, 0.2) is 0 Å². The Kier molecular flexibility index (Phi) is 4.37. The predicted molar refractivity (Wildman–Crippen MR) is 70.8 cm³/mol. The number of alkyl halides is 1.